The summed E-state index contributed by atoms with van der Waals surface area (Å²) < 4.78 is 0. The van der Waals surface area contributed by atoms with Crippen molar-refractivity contribution in [2.75, 3.05) is 5.32 Å². The summed E-state index contributed by atoms with van der Waals surface area (Å²) in [5.41, 5.74) is 4.01. The smallest absolute Gasteiger partial charge is 0.161 e. The monoisotopic (exact) mass is 348 g/mol. The number of hydrogen-bond donors (Lipinski definition) is 2. The van der Waals surface area contributed by atoms with Crippen molar-refractivity contribution < 1.29 is 5.11 Å². The lowest BCUT2D eigenvalue weighted by molar-refractivity contribution is 0.126. The van der Waals surface area contributed by atoms with Crippen LogP contribution in [0.1, 0.15) is 55.3 Å². The largest absolute Gasteiger partial charge is 0.393 e. The van der Waals surface area contributed by atoms with Gasteiger partial charge in [0.2, 0.25) is 0 Å². The van der Waals surface area contributed by atoms with E-state index in [2.05, 4.69) is 11.4 Å². The van der Waals surface area contributed by atoms with Crippen molar-refractivity contribution in [2.24, 2.45) is 0 Å². The van der Waals surface area contributed by atoms with Crippen LogP contribution >= 0.6 is 0 Å². The fourth-order valence-corrected chi connectivity index (χ4v) is 3.95. The molecule has 2 N–H and O–H groups in total. The SMILES string of the molecule is N#Cc1ccc(-c2nc3c(c(NC4CCC(O)CC4)n2)CCCC3)cc1. The second-order valence-electron chi connectivity index (χ2n) is 7.37. The van der Waals surface area contributed by atoms with Crippen LogP contribution in [0.5, 0.6) is 0 Å². The molecule has 26 heavy (non-hydrogen) atoms. The topological polar surface area (TPSA) is 81.8 Å². The highest BCUT2D eigenvalue weighted by Gasteiger charge is 2.23. The molecule has 0 unspecified atom stereocenters. The molecule has 1 saturated carbocycles. The summed E-state index contributed by atoms with van der Waals surface area (Å²) in [6.45, 7) is 0. The zero-order chi connectivity index (χ0) is 17.9. The van der Waals surface area contributed by atoms with Gasteiger partial charge in [-0.15, -0.1) is 0 Å². The highest BCUT2D eigenvalue weighted by Crippen LogP contribution is 2.30. The van der Waals surface area contributed by atoms with Gasteiger partial charge in [0.25, 0.3) is 0 Å². The van der Waals surface area contributed by atoms with Gasteiger partial charge in [0.1, 0.15) is 5.82 Å². The Hall–Kier alpha value is -2.45. The molecule has 134 valence electrons. The molecule has 0 spiro atoms. The van der Waals surface area contributed by atoms with Gasteiger partial charge in [-0.3, -0.25) is 0 Å². The molecule has 2 aromatic rings. The van der Waals surface area contributed by atoms with Gasteiger partial charge in [-0.2, -0.15) is 5.26 Å². The van der Waals surface area contributed by atoms with Gasteiger partial charge >= 0.3 is 0 Å². The summed E-state index contributed by atoms with van der Waals surface area (Å²) in [6, 6.07) is 9.99. The normalized spacial score (nSPS) is 22.3. The van der Waals surface area contributed by atoms with Gasteiger partial charge in [-0.1, -0.05) is 0 Å². The minimum absolute atomic E-state index is 0.151. The third-order valence-corrected chi connectivity index (χ3v) is 5.49. The molecule has 1 heterocycles. The number of hydrogen-bond acceptors (Lipinski definition) is 5. The van der Waals surface area contributed by atoms with Crippen molar-refractivity contribution in [1.29, 1.82) is 5.26 Å². The molecule has 5 heteroatoms. The highest BCUT2D eigenvalue weighted by molar-refractivity contribution is 5.61. The molecule has 1 fully saturated rings. The van der Waals surface area contributed by atoms with E-state index in [0.717, 1.165) is 61.4 Å². The molecule has 2 aliphatic carbocycles. The van der Waals surface area contributed by atoms with E-state index in [1.807, 2.05) is 24.3 Å². The van der Waals surface area contributed by atoms with Gasteiger partial charge in [0.15, 0.2) is 5.82 Å². The van der Waals surface area contributed by atoms with Crippen molar-refractivity contribution in [3.8, 4) is 17.5 Å². The Bertz CT molecular complexity index is 817. The average Bonchev–Trinajstić information content (AvgIpc) is 2.69. The predicted octanol–water partition coefficient (Wildman–Crippen LogP) is 3.61. The predicted molar refractivity (Wildman–Crippen MR) is 101 cm³/mol. The lowest BCUT2D eigenvalue weighted by Crippen LogP contribution is -2.29. The number of rotatable bonds is 3. The van der Waals surface area contributed by atoms with E-state index >= 15 is 0 Å². The van der Waals surface area contributed by atoms with E-state index < -0.39 is 0 Å². The maximum Gasteiger partial charge on any atom is 0.161 e. The molecular formula is C21H24N4O. The fraction of sp³-hybridized carbons (Fsp3) is 0.476. The van der Waals surface area contributed by atoms with Crippen molar-refractivity contribution in [2.45, 2.75) is 63.5 Å². The van der Waals surface area contributed by atoms with E-state index in [4.69, 9.17) is 15.2 Å². The maximum atomic E-state index is 9.74. The first-order chi connectivity index (χ1) is 12.7. The number of anilines is 1. The average molecular weight is 348 g/mol. The highest BCUT2D eigenvalue weighted by atomic mass is 16.3. The van der Waals surface area contributed by atoms with Crippen molar-refractivity contribution >= 4 is 5.82 Å². The second-order valence-corrected chi connectivity index (χ2v) is 7.37. The number of aromatic nitrogens is 2. The molecule has 1 aromatic heterocycles. The number of nitrogens with zero attached hydrogens (tertiary/aromatic N) is 3. The number of aliphatic hydroxyl groups is 1. The summed E-state index contributed by atoms with van der Waals surface area (Å²) in [7, 11) is 0. The summed E-state index contributed by atoms with van der Waals surface area (Å²) in [6.07, 6.45) is 7.90. The van der Waals surface area contributed by atoms with Crippen LogP contribution in [0.3, 0.4) is 0 Å². The number of benzene rings is 1. The van der Waals surface area contributed by atoms with Crippen LogP contribution in [0, 0.1) is 11.3 Å². The third kappa shape index (κ3) is 3.56. The molecule has 0 saturated heterocycles. The molecule has 2 aliphatic rings. The number of aryl methyl sites for hydroxylation is 1. The molecule has 0 bridgehead atoms. The quantitative estimate of drug-likeness (QED) is 0.885. The van der Waals surface area contributed by atoms with Crippen LogP contribution in [0.4, 0.5) is 5.82 Å². The Morgan fingerprint density at radius 2 is 1.73 bits per heavy atom. The Labute approximate surface area is 154 Å². The lowest BCUT2D eigenvalue weighted by atomic mass is 9.92. The molecule has 0 aliphatic heterocycles. The third-order valence-electron chi connectivity index (χ3n) is 5.49. The molecule has 5 nitrogen and oxygen atoms in total. The van der Waals surface area contributed by atoms with E-state index in [0.29, 0.717) is 11.6 Å². The lowest BCUT2D eigenvalue weighted by Gasteiger charge is -2.28. The Balaban J connectivity index is 1.66. The number of aliphatic hydroxyl groups excluding tert-OH is 1. The van der Waals surface area contributed by atoms with Crippen molar-refractivity contribution in [1.82, 2.24) is 9.97 Å². The molecular weight excluding hydrogens is 324 g/mol. The number of fused-ring (bicyclic) bond motifs is 1. The first-order valence-electron chi connectivity index (χ1n) is 9.58. The zero-order valence-electron chi connectivity index (χ0n) is 14.9. The molecule has 0 amide bonds. The fourth-order valence-electron chi connectivity index (χ4n) is 3.95. The first-order valence-corrected chi connectivity index (χ1v) is 9.58. The first kappa shape index (κ1) is 17.0. The van der Waals surface area contributed by atoms with Gasteiger partial charge < -0.3 is 10.4 Å². The van der Waals surface area contributed by atoms with Gasteiger partial charge in [0, 0.05) is 22.9 Å². The molecule has 4 rings (SSSR count). The van der Waals surface area contributed by atoms with Crippen LogP contribution in [-0.2, 0) is 12.8 Å². The van der Waals surface area contributed by atoms with Crippen LogP contribution in [0.15, 0.2) is 24.3 Å². The molecule has 1 aromatic carbocycles. The van der Waals surface area contributed by atoms with Gasteiger partial charge in [-0.25, -0.2) is 9.97 Å². The summed E-state index contributed by atoms with van der Waals surface area (Å²) in [4.78, 5) is 9.69. The van der Waals surface area contributed by atoms with E-state index in [1.165, 1.54) is 18.4 Å². The van der Waals surface area contributed by atoms with Crippen LogP contribution in [0.25, 0.3) is 11.4 Å². The summed E-state index contributed by atoms with van der Waals surface area (Å²) in [5.74, 6) is 1.70. The van der Waals surface area contributed by atoms with Gasteiger partial charge in [0.05, 0.1) is 17.7 Å². The Kier molecular flexibility index (Phi) is 4.85. The molecule has 0 atom stereocenters. The van der Waals surface area contributed by atoms with Crippen LogP contribution < -0.4 is 5.32 Å². The van der Waals surface area contributed by atoms with Crippen molar-refractivity contribution in [3.63, 3.8) is 0 Å². The Morgan fingerprint density at radius 1 is 1.00 bits per heavy atom. The molecule has 0 radical (unpaired) electrons. The second kappa shape index (κ2) is 7.43. The van der Waals surface area contributed by atoms with Gasteiger partial charge in [-0.05, 0) is 75.6 Å². The number of nitrogens with one attached hydrogen (secondary N) is 1. The Morgan fingerprint density at radius 3 is 2.46 bits per heavy atom. The summed E-state index contributed by atoms with van der Waals surface area (Å²) >= 11 is 0. The van der Waals surface area contributed by atoms with Crippen LogP contribution in [-0.4, -0.2) is 27.2 Å². The van der Waals surface area contributed by atoms with E-state index in [1.54, 1.807) is 0 Å². The maximum absolute atomic E-state index is 9.74. The number of nitriles is 1. The van der Waals surface area contributed by atoms with Crippen LogP contribution in [0.2, 0.25) is 0 Å². The minimum Gasteiger partial charge on any atom is -0.393 e. The standard InChI is InChI=1S/C21H24N4O/c22-13-14-5-7-15(8-6-14)20-24-19-4-2-1-3-18(19)21(25-20)23-16-9-11-17(26)12-10-16/h5-8,16-17,26H,1-4,9-12H2,(H,23,24,25). The van der Waals surface area contributed by atoms with E-state index in [-0.39, 0.29) is 6.10 Å². The zero-order valence-corrected chi connectivity index (χ0v) is 14.9. The van der Waals surface area contributed by atoms with E-state index in [9.17, 15) is 5.11 Å². The minimum atomic E-state index is -0.151. The summed E-state index contributed by atoms with van der Waals surface area (Å²) in [5, 5.41) is 22.4. The van der Waals surface area contributed by atoms with Crippen molar-refractivity contribution in [3.05, 3.63) is 41.1 Å².